The second kappa shape index (κ2) is 5.90. The summed E-state index contributed by atoms with van der Waals surface area (Å²) >= 11 is 6.21. The standard InChI is InChI=1S/C16H17ClN2O2/c1-3-12-10(2)15(17)19-16(18-12)11-5-6-13-14(9-11)21-8-4-7-20-13/h5-6,9H,3-4,7-8H2,1-2H3. The van der Waals surface area contributed by atoms with Crippen LogP contribution < -0.4 is 9.47 Å². The fourth-order valence-electron chi connectivity index (χ4n) is 2.31. The first-order chi connectivity index (χ1) is 10.2. The summed E-state index contributed by atoms with van der Waals surface area (Å²) in [6.07, 6.45) is 1.71. The fraction of sp³-hybridized carbons (Fsp3) is 0.375. The number of fused-ring (bicyclic) bond motifs is 1. The molecule has 1 aliphatic heterocycles. The summed E-state index contributed by atoms with van der Waals surface area (Å²) in [5.41, 5.74) is 2.80. The van der Waals surface area contributed by atoms with E-state index in [9.17, 15) is 0 Å². The zero-order chi connectivity index (χ0) is 14.8. The first kappa shape index (κ1) is 14.1. The molecular formula is C16H17ClN2O2. The van der Waals surface area contributed by atoms with Crippen LogP contribution in [-0.2, 0) is 6.42 Å². The Kier molecular flexibility index (Phi) is 3.97. The zero-order valence-corrected chi connectivity index (χ0v) is 12.9. The number of nitrogens with zero attached hydrogens (tertiary/aromatic N) is 2. The van der Waals surface area contributed by atoms with Crippen LogP contribution in [0.4, 0.5) is 0 Å². The minimum Gasteiger partial charge on any atom is -0.490 e. The summed E-state index contributed by atoms with van der Waals surface area (Å²) in [6, 6.07) is 5.76. The monoisotopic (exact) mass is 304 g/mol. The van der Waals surface area contributed by atoms with E-state index in [1.54, 1.807) is 0 Å². The SMILES string of the molecule is CCc1nc(-c2ccc3c(c2)OCCCO3)nc(Cl)c1C. The van der Waals surface area contributed by atoms with Crippen molar-refractivity contribution in [3.05, 3.63) is 34.6 Å². The molecule has 0 bridgehead atoms. The van der Waals surface area contributed by atoms with Gasteiger partial charge in [-0.15, -0.1) is 0 Å². The Morgan fingerprint density at radius 1 is 1.14 bits per heavy atom. The highest BCUT2D eigenvalue weighted by atomic mass is 35.5. The van der Waals surface area contributed by atoms with Gasteiger partial charge in [-0.3, -0.25) is 0 Å². The highest BCUT2D eigenvalue weighted by Gasteiger charge is 2.14. The summed E-state index contributed by atoms with van der Waals surface area (Å²) in [4.78, 5) is 8.98. The zero-order valence-electron chi connectivity index (χ0n) is 12.1. The quantitative estimate of drug-likeness (QED) is 0.791. The first-order valence-electron chi connectivity index (χ1n) is 7.12. The lowest BCUT2D eigenvalue weighted by Gasteiger charge is -2.11. The molecule has 110 valence electrons. The van der Waals surface area contributed by atoms with E-state index in [1.807, 2.05) is 25.1 Å². The van der Waals surface area contributed by atoms with E-state index >= 15 is 0 Å². The van der Waals surface area contributed by atoms with Crippen molar-refractivity contribution in [1.82, 2.24) is 9.97 Å². The fourth-order valence-corrected chi connectivity index (χ4v) is 2.50. The number of hydrogen-bond acceptors (Lipinski definition) is 4. The molecule has 1 aliphatic rings. The van der Waals surface area contributed by atoms with E-state index in [1.165, 1.54) is 0 Å². The lowest BCUT2D eigenvalue weighted by molar-refractivity contribution is 0.297. The van der Waals surface area contributed by atoms with Gasteiger partial charge in [-0.25, -0.2) is 9.97 Å². The van der Waals surface area contributed by atoms with Crippen molar-refractivity contribution in [2.75, 3.05) is 13.2 Å². The van der Waals surface area contributed by atoms with Crippen LogP contribution in [0, 0.1) is 6.92 Å². The summed E-state index contributed by atoms with van der Waals surface area (Å²) in [7, 11) is 0. The third-order valence-corrected chi connectivity index (χ3v) is 3.90. The lowest BCUT2D eigenvalue weighted by atomic mass is 10.1. The maximum atomic E-state index is 6.21. The number of aryl methyl sites for hydroxylation is 1. The minimum absolute atomic E-state index is 0.504. The molecule has 0 fully saturated rings. The molecule has 3 rings (SSSR count). The average Bonchev–Trinajstić information content (AvgIpc) is 2.74. The molecule has 0 amide bonds. The van der Waals surface area contributed by atoms with Crippen molar-refractivity contribution < 1.29 is 9.47 Å². The van der Waals surface area contributed by atoms with Crippen LogP contribution in [-0.4, -0.2) is 23.2 Å². The van der Waals surface area contributed by atoms with Crippen molar-refractivity contribution in [3.63, 3.8) is 0 Å². The summed E-state index contributed by atoms with van der Waals surface area (Å²) in [5.74, 6) is 2.13. The van der Waals surface area contributed by atoms with Gasteiger partial charge < -0.3 is 9.47 Å². The van der Waals surface area contributed by atoms with Crippen LogP contribution in [0.3, 0.4) is 0 Å². The molecular weight excluding hydrogens is 288 g/mol. The molecule has 0 atom stereocenters. The van der Waals surface area contributed by atoms with Crippen LogP contribution in [0.5, 0.6) is 11.5 Å². The van der Waals surface area contributed by atoms with Gasteiger partial charge >= 0.3 is 0 Å². The molecule has 0 saturated heterocycles. The van der Waals surface area contributed by atoms with Crippen molar-refractivity contribution in [1.29, 1.82) is 0 Å². The van der Waals surface area contributed by atoms with Crippen molar-refractivity contribution in [2.24, 2.45) is 0 Å². The van der Waals surface area contributed by atoms with Crippen LogP contribution in [0.1, 0.15) is 24.6 Å². The first-order valence-corrected chi connectivity index (χ1v) is 7.50. The Bertz CT molecular complexity index is 674. The van der Waals surface area contributed by atoms with Crippen molar-refractivity contribution in [2.45, 2.75) is 26.7 Å². The Hall–Kier alpha value is -1.81. The van der Waals surface area contributed by atoms with Gasteiger partial charge in [0.1, 0.15) is 5.15 Å². The second-order valence-electron chi connectivity index (χ2n) is 4.98. The predicted molar refractivity (Wildman–Crippen MR) is 82.2 cm³/mol. The van der Waals surface area contributed by atoms with Gasteiger partial charge in [0.25, 0.3) is 0 Å². The van der Waals surface area contributed by atoms with Crippen molar-refractivity contribution >= 4 is 11.6 Å². The highest BCUT2D eigenvalue weighted by molar-refractivity contribution is 6.30. The number of rotatable bonds is 2. The summed E-state index contributed by atoms with van der Waals surface area (Å²) in [6.45, 7) is 5.34. The van der Waals surface area contributed by atoms with Gasteiger partial charge in [0, 0.05) is 23.2 Å². The number of benzene rings is 1. The molecule has 4 nitrogen and oxygen atoms in total. The Morgan fingerprint density at radius 2 is 1.90 bits per heavy atom. The Morgan fingerprint density at radius 3 is 2.67 bits per heavy atom. The van der Waals surface area contributed by atoms with E-state index in [0.717, 1.165) is 41.2 Å². The van der Waals surface area contributed by atoms with Crippen LogP contribution in [0.15, 0.2) is 18.2 Å². The van der Waals surface area contributed by atoms with E-state index < -0.39 is 0 Å². The molecule has 5 heteroatoms. The summed E-state index contributed by atoms with van der Waals surface area (Å²) < 4.78 is 11.3. The Balaban J connectivity index is 2.04. The van der Waals surface area contributed by atoms with Gasteiger partial charge in [-0.2, -0.15) is 0 Å². The smallest absolute Gasteiger partial charge is 0.161 e. The maximum Gasteiger partial charge on any atom is 0.161 e. The Labute approximate surface area is 129 Å². The number of halogens is 1. The number of ether oxygens (including phenoxy) is 2. The molecule has 0 unspecified atom stereocenters. The number of aromatic nitrogens is 2. The molecule has 21 heavy (non-hydrogen) atoms. The molecule has 1 aromatic heterocycles. The van der Waals surface area contributed by atoms with Gasteiger partial charge in [0.2, 0.25) is 0 Å². The van der Waals surface area contributed by atoms with Gasteiger partial charge in [0.15, 0.2) is 17.3 Å². The normalized spacial score (nSPS) is 13.9. The molecule has 1 aromatic carbocycles. The predicted octanol–water partition coefficient (Wildman–Crippen LogP) is 3.83. The molecule has 2 aromatic rings. The van der Waals surface area contributed by atoms with Gasteiger partial charge in [-0.05, 0) is 31.5 Å². The topological polar surface area (TPSA) is 44.2 Å². The molecule has 2 heterocycles. The minimum atomic E-state index is 0.504. The van der Waals surface area contributed by atoms with Crippen LogP contribution >= 0.6 is 11.6 Å². The average molecular weight is 305 g/mol. The van der Waals surface area contributed by atoms with Crippen LogP contribution in [0.25, 0.3) is 11.4 Å². The van der Waals surface area contributed by atoms with E-state index in [-0.39, 0.29) is 0 Å². The van der Waals surface area contributed by atoms with Gasteiger partial charge in [0.05, 0.1) is 13.2 Å². The molecule has 0 saturated carbocycles. The molecule has 0 aliphatic carbocycles. The molecule has 0 radical (unpaired) electrons. The summed E-state index contributed by atoms with van der Waals surface area (Å²) in [5, 5.41) is 0.504. The van der Waals surface area contributed by atoms with Gasteiger partial charge in [-0.1, -0.05) is 18.5 Å². The van der Waals surface area contributed by atoms with Crippen molar-refractivity contribution in [3.8, 4) is 22.9 Å². The maximum absolute atomic E-state index is 6.21. The van der Waals surface area contributed by atoms with E-state index in [0.29, 0.717) is 24.2 Å². The van der Waals surface area contributed by atoms with Crippen LogP contribution in [0.2, 0.25) is 5.15 Å². The number of hydrogen-bond donors (Lipinski definition) is 0. The van der Waals surface area contributed by atoms with E-state index in [4.69, 9.17) is 21.1 Å². The third kappa shape index (κ3) is 2.81. The molecule has 0 N–H and O–H groups in total. The second-order valence-corrected chi connectivity index (χ2v) is 5.33. The van der Waals surface area contributed by atoms with E-state index in [2.05, 4.69) is 16.9 Å². The lowest BCUT2D eigenvalue weighted by Crippen LogP contribution is -2.00. The third-order valence-electron chi connectivity index (χ3n) is 3.53. The largest absolute Gasteiger partial charge is 0.490 e. The highest BCUT2D eigenvalue weighted by Crippen LogP contribution is 2.33. The molecule has 0 spiro atoms.